The maximum Gasteiger partial charge on any atom is 0.328 e. The van der Waals surface area contributed by atoms with Gasteiger partial charge in [-0.05, 0) is 84.2 Å². The van der Waals surface area contributed by atoms with E-state index < -0.39 is 90.1 Å². The first-order valence-electron chi connectivity index (χ1n) is 31.9. The summed E-state index contributed by atoms with van der Waals surface area (Å²) >= 11 is 0. The highest BCUT2D eigenvalue weighted by atomic mass is 16.5. The lowest BCUT2D eigenvalue weighted by atomic mass is 9.83. The summed E-state index contributed by atoms with van der Waals surface area (Å²) in [6, 6.07) is 19.2. The van der Waals surface area contributed by atoms with E-state index in [-0.39, 0.29) is 98.7 Å². The van der Waals surface area contributed by atoms with Crippen LogP contribution in [0.15, 0.2) is 78.9 Å². The molecular weight excluding hydrogens is 1150 g/mol. The molecule has 1 heterocycles. The SMILES string of the molecule is CC[C@H](C)[C@@H]([C@@H](CC(=O)N1CCC[C@H]1[C@H](OC)[C@@H](C)C(=O)N[C@@H](Cc1ccccc1)C(=O)OC)OC)N(C)C(=O)[C@@H](CC(=O)[C@H](C(C)C)N(C)Cc1cccc(CC(=O)OCc2ccc(CC(=O)[C@H](CCCNC(N)=O)NC(=O)[C@@H](N)C(C)C)cc2)c1)C(C)C. The smallest absolute Gasteiger partial charge is 0.328 e. The summed E-state index contributed by atoms with van der Waals surface area (Å²) in [4.78, 5) is 127. The minimum atomic E-state index is -0.930. The van der Waals surface area contributed by atoms with Gasteiger partial charge in [-0.3, -0.25) is 38.5 Å². The Labute approximate surface area is 534 Å². The summed E-state index contributed by atoms with van der Waals surface area (Å²) in [5.74, 6) is -4.56. The quantitative estimate of drug-likeness (QED) is 0.0302. The maximum absolute atomic E-state index is 14.9. The highest BCUT2D eigenvalue weighted by molar-refractivity contribution is 5.92. The summed E-state index contributed by atoms with van der Waals surface area (Å²) in [7, 11) is 7.96. The van der Waals surface area contributed by atoms with E-state index in [9.17, 15) is 43.2 Å². The standard InChI is InChI=1S/C69H104N8O13/c1-15-45(8)63(58(87-12)39-59(80)77-33-21-27-55(77)64(88-13)46(9)65(82)74-54(68(85)89-14)35-47-22-17-16-18-23-47)76(11)67(84)52(42(2)3)38-57(79)62(44(6)7)75(10)40-51-25-19-24-50(34-51)37-60(81)90-41-49-30-28-48(29-31-49)36-56(78)53(26-20-32-72-69(71)86)73-66(83)61(70)43(4)5/h16-19,22-25,28-31,34,42-46,52-55,58,61-64H,15,20-21,26-27,32-33,35-41,70H2,1-14H3,(H,73,83)(H,74,82)(H3,71,72,86)/t45-,46+,52-,53-,54-,55-,58+,61-,62-,63-,64+/m0/s1. The molecule has 498 valence electrons. The number of rotatable bonds is 38. The van der Waals surface area contributed by atoms with Crippen molar-refractivity contribution >= 4 is 53.2 Å². The van der Waals surface area contributed by atoms with Crippen molar-refractivity contribution in [2.75, 3.05) is 48.5 Å². The number of benzene rings is 3. The summed E-state index contributed by atoms with van der Waals surface area (Å²) in [5, 5.41) is 8.15. The fourth-order valence-corrected chi connectivity index (χ4v) is 12.2. The third kappa shape index (κ3) is 22.7. The number of carbonyl (C=O) groups is 9. The molecule has 0 spiro atoms. The first-order chi connectivity index (χ1) is 42.6. The highest BCUT2D eigenvalue weighted by Gasteiger charge is 2.44. The molecule has 4 rings (SSSR count). The van der Waals surface area contributed by atoms with Gasteiger partial charge < -0.3 is 56.2 Å². The number of amides is 6. The van der Waals surface area contributed by atoms with E-state index in [1.54, 1.807) is 55.1 Å². The zero-order valence-corrected chi connectivity index (χ0v) is 55.8. The van der Waals surface area contributed by atoms with Gasteiger partial charge in [-0.15, -0.1) is 0 Å². The van der Waals surface area contributed by atoms with Gasteiger partial charge >= 0.3 is 18.0 Å². The molecule has 90 heavy (non-hydrogen) atoms. The van der Waals surface area contributed by atoms with Crippen molar-refractivity contribution in [3.63, 3.8) is 0 Å². The number of hydrogen-bond donors (Lipinski definition) is 5. The Morgan fingerprint density at radius 2 is 1.33 bits per heavy atom. The number of Topliss-reactive ketones (excluding diaryl/α,β-unsaturated/α-hetero) is 2. The number of urea groups is 1. The molecule has 6 amide bonds. The van der Waals surface area contributed by atoms with E-state index in [2.05, 4.69) is 16.0 Å². The number of likely N-dealkylation sites (N-methyl/N-ethyl adjacent to an activating group) is 2. The van der Waals surface area contributed by atoms with Crippen molar-refractivity contribution in [3.05, 3.63) is 107 Å². The van der Waals surface area contributed by atoms with Gasteiger partial charge in [0.25, 0.3) is 0 Å². The van der Waals surface area contributed by atoms with E-state index in [4.69, 9.17) is 30.4 Å². The Hall–Kier alpha value is -7.07. The van der Waals surface area contributed by atoms with Gasteiger partial charge in [0, 0.05) is 66.1 Å². The third-order valence-electron chi connectivity index (χ3n) is 17.6. The molecule has 21 heteroatoms. The summed E-state index contributed by atoms with van der Waals surface area (Å²) in [6.07, 6.45) is 1.46. The van der Waals surface area contributed by atoms with Gasteiger partial charge in [0.2, 0.25) is 23.6 Å². The Morgan fingerprint density at radius 3 is 1.92 bits per heavy atom. The van der Waals surface area contributed by atoms with Crippen molar-refractivity contribution in [2.24, 2.45) is 47.0 Å². The van der Waals surface area contributed by atoms with Crippen LogP contribution in [0.5, 0.6) is 0 Å². The van der Waals surface area contributed by atoms with E-state index in [1.807, 2.05) is 122 Å². The molecule has 0 bridgehead atoms. The van der Waals surface area contributed by atoms with E-state index in [1.165, 1.54) is 14.2 Å². The lowest BCUT2D eigenvalue weighted by Gasteiger charge is -2.41. The summed E-state index contributed by atoms with van der Waals surface area (Å²) in [5.41, 5.74) is 15.1. The number of esters is 2. The monoisotopic (exact) mass is 1250 g/mol. The Kier molecular flexibility index (Phi) is 31.3. The second-order valence-electron chi connectivity index (χ2n) is 25.4. The molecule has 0 saturated carbocycles. The Bertz CT molecular complexity index is 2820. The van der Waals surface area contributed by atoms with Crippen molar-refractivity contribution in [1.29, 1.82) is 0 Å². The molecule has 1 fully saturated rings. The van der Waals surface area contributed by atoms with Crippen LogP contribution in [0.2, 0.25) is 0 Å². The maximum atomic E-state index is 14.9. The number of methoxy groups -OCH3 is 3. The van der Waals surface area contributed by atoms with Crippen molar-refractivity contribution in [2.45, 2.75) is 188 Å². The van der Waals surface area contributed by atoms with Gasteiger partial charge in [0.05, 0.1) is 68.3 Å². The molecule has 11 atom stereocenters. The van der Waals surface area contributed by atoms with Crippen molar-refractivity contribution < 1.29 is 62.1 Å². The molecule has 1 aliphatic rings. The lowest BCUT2D eigenvalue weighted by molar-refractivity contribution is -0.150. The van der Waals surface area contributed by atoms with Gasteiger partial charge in [-0.25, -0.2) is 9.59 Å². The number of ether oxygens (including phenoxy) is 4. The normalized spacial score (nSPS) is 16.7. The van der Waals surface area contributed by atoms with Crippen LogP contribution in [0.4, 0.5) is 4.79 Å². The van der Waals surface area contributed by atoms with Crippen LogP contribution in [-0.4, -0.2) is 165 Å². The molecular formula is C69H104N8O13. The fraction of sp³-hybridized carbons (Fsp3) is 0.609. The number of carbonyl (C=O) groups excluding carboxylic acids is 9. The molecule has 21 nitrogen and oxygen atoms in total. The molecule has 0 radical (unpaired) electrons. The molecule has 1 aliphatic heterocycles. The average molecular weight is 1250 g/mol. The van der Waals surface area contributed by atoms with Gasteiger partial charge in [-0.1, -0.05) is 148 Å². The van der Waals surface area contributed by atoms with Gasteiger partial charge in [0.1, 0.15) is 12.6 Å². The number of primary amides is 1. The van der Waals surface area contributed by atoms with Gasteiger partial charge in [0.15, 0.2) is 11.6 Å². The van der Waals surface area contributed by atoms with E-state index in [0.717, 1.165) is 16.7 Å². The molecule has 3 aromatic carbocycles. The largest absolute Gasteiger partial charge is 0.467 e. The van der Waals surface area contributed by atoms with E-state index >= 15 is 0 Å². The number of nitrogens with one attached hydrogen (secondary N) is 3. The summed E-state index contributed by atoms with van der Waals surface area (Å²) < 4.78 is 22.9. The number of likely N-dealkylation sites (tertiary alicyclic amines) is 1. The fourth-order valence-electron chi connectivity index (χ4n) is 12.2. The Balaban J connectivity index is 1.38. The van der Waals surface area contributed by atoms with Crippen LogP contribution in [0.25, 0.3) is 0 Å². The molecule has 0 aliphatic carbocycles. The highest BCUT2D eigenvalue weighted by Crippen LogP contribution is 2.32. The predicted molar refractivity (Wildman–Crippen MR) is 345 cm³/mol. The topological polar surface area (TPSA) is 288 Å². The minimum absolute atomic E-state index is 0.00442. The average Bonchev–Trinajstić information content (AvgIpc) is 1.78. The van der Waals surface area contributed by atoms with Crippen LogP contribution in [-0.2, 0) is 89.7 Å². The number of ketones is 2. The number of hydrogen-bond acceptors (Lipinski definition) is 15. The zero-order valence-electron chi connectivity index (χ0n) is 55.8. The first-order valence-corrected chi connectivity index (χ1v) is 31.9. The Morgan fingerprint density at radius 1 is 0.700 bits per heavy atom. The lowest BCUT2D eigenvalue weighted by Crippen LogP contribution is -2.55. The number of nitrogens with zero attached hydrogens (tertiary/aromatic N) is 3. The van der Waals surface area contributed by atoms with Crippen LogP contribution >= 0.6 is 0 Å². The summed E-state index contributed by atoms with van der Waals surface area (Å²) in [6.45, 7) is 18.3. The second kappa shape index (κ2) is 37.3. The van der Waals surface area contributed by atoms with Crippen LogP contribution in [0, 0.1) is 35.5 Å². The van der Waals surface area contributed by atoms with Crippen molar-refractivity contribution in [3.8, 4) is 0 Å². The minimum Gasteiger partial charge on any atom is -0.467 e. The molecule has 3 aromatic rings. The molecule has 7 N–H and O–H groups in total. The zero-order chi connectivity index (χ0) is 66.9. The molecule has 0 aromatic heterocycles. The third-order valence-corrected chi connectivity index (χ3v) is 17.6. The second-order valence-corrected chi connectivity index (χ2v) is 25.4. The van der Waals surface area contributed by atoms with Crippen LogP contribution in [0.3, 0.4) is 0 Å². The van der Waals surface area contributed by atoms with Gasteiger partial charge in [-0.2, -0.15) is 0 Å². The molecule has 0 unspecified atom stereocenters. The number of nitrogens with two attached hydrogens (primary N) is 2. The molecule has 1 saturated heterocycles. The first kappa shape index (κ1) is 75.4. The van der Waals surface area contributed by atoms with Crippen LogP contribution in [0.1, 0.15) is 135 Å². The predicted octanol–water partition coefficient (Wildman–Crippen LogP) is 6.51. The van der Waals surface area contributed by atoms with Crippen molar-refractivity contribution in [1.82, 2.24) is 30.7 Å². The van der Waals surface area contributed by atoms with Crippen LogP contribution < -0.4 is 27.4 Å². The van der Waals surface area contributed by atoms with E-state index in [0.29, 0.717) is 49.9 Å².